The summed E-state index contributed by atoms with van der Waals surface area (Å²) in [7, 11) is 0. The van der Waals surface area contributed by atoms with Crippen LogP contribution < -0.4 is 15.9 Å². The standard InChI is InChI=1S/C27H22BrP/c28-29(25-17-7-2-8-18-25,26-19-9-3-10-20-26,27-21-11-4-12-22-27)23-13-16-24-14-5-1-6-15-24/h1-12,14-15,17-22H,16H2. The van der Waals surface area contributed by atoms with E-state index in [1.165, 1.54) is 21.5 Å². The van der Waals surface area contributed by atoms with Crippen LogP contribution in [0.2, 0.25) is 0 Å². The fraction of sp³-hybridized carbons (Fsp3) is 0.0370. The van der Waals surface area contributed by atoms with E-state index in [2.05, 4.69) is 142 Å². The molecule has 0 N–H and O–H groups in total. The molecule has 0 saturated carbocycles. The minimum atomic E-state index is -3.14. The molecule has 0 amide bonds. The molecule has 0 unspecified atom stereocenters. The van der Waals surface area contributed by atoms with E-state index in [1.54, 1.807) is 0 Å². The predicted molar refractivity (Wildman–Crippen MR) is 132 cm³/mol. The van der Waals surface area contributed by atoms with E-state index in [1.807, 2.05) is 6.07 Å². The predicted octanol–water partition coefficient (Wildman–Crippen LogP) is 6.03. The molecule has 0 nitrogen and oxygen atoms in total. The Morgan fingerprint density at radius 3 is 1.24 bits per heavy atom. The minimum absolute atomic E-state index is 0.719. The SMILES string of the molecule is BrP(C#CCc1ccccc1)(c1ccccc1)(c1ccccc1)c1ccccc1. The van der Waals surface area contributed by atoms with Crippen molar-refractivity contribution in [2.75, 3.05) is 0 Å². The molecule has 4 rings (SSSR count). The van der Waals surface area contributed by atoms with Crippen LogP contribution in [-0.2, 0) is 6.42 Å². The van der Waals surface area contributed by atoms with Crippen LogP contribution in [0.1, 0.15) is 5.56 Å². The third kappa shape index (κ3) is 3.67. The van der Waals surface area contributed by atoms with Crippen LogP contribution in [0, 0.1) is 11.6 Å². The van der Waals surface area contributed by atoms with Gasteiger partial charge in [-0.3, -0.25) is 0 Å². The summed E-state index contributed by atoms with van der Waals surface area (Å²) in [5.74, 6) is 3.54. The average Bonchev–Trinajstić information content (AvgIpc) is 2.81. The van der Waals surface area contributed by atoms with Gasteiger partial charge in [-0.05, 0) is 0 Å². The fourth-order valence-corrected chi connectivity index (χ4v) is 10.0. The molecule has 0 aliphatic heterocycles. The van der Waals surface area contributed by atoms with Gasteiger partial charge >= 0.3 is 182 Å². The second-order valence-electron chi connectivity index (χ2n) is 6.97. The Labute approximate surface area is 181 Å². The van der Waals surface area contributed by atoms with Crippen molar-refractivity contribution in [3.8, 4) is 11.6 Å². The fourth-order valence-electron chi connectivity index (χ4n) is 3.65. The Bertz CT molecular complexity index is 1030. The zero-order valence-corrected chi connectivity index (χ0v) is 18.6. The van der Waals surface area contributed by atoms with Crippen LogP contribution in [0.3, 0.4) is 0 Å². The van der Waals surface area contributed by atoms with Crippen molar-refractivity contribution in [2.45, 2.75) is 6.42 Å². The number of hydrogen-bond donors (Lipinski definition) is 0. The molecule has 142 valence electrons. The van der Waals surface area contributed by atoms with Crippen molar-refractivity contribution < 1.29 is 0 Å². The summed E-state index contributed by atoms with van der Waals surface area (Å²) >= 11 is 4.35. The summed E-state index contributed by atoms with van der Waals surface area (Å²) < 4.78 is 0. The third-order valence-corrected chi connectivity index (χ3v) is 13.7. The molecule has 0 aliphatic carbocycles. The summed E-state index contributed by atoms with van der Waals surface area (Å²) in [6.07, 6.45) is 0.719. The molecular weight excluding hydrogens is 435 g/mol. The monoisotopic (exact) mass is 456 g/mol. The van der Waals surface area contributed by atoms with Gasteiger partial charge in [0.1, 0.15) is 0 Å². The van der Waals surface area contributed by atoms with Crippen LogP contribution in [0.5, 0.6) is 0 Å². The van der Waals surface area contributed by atoms with Crippen molar-refractivity contribution in [3.63, 3.8) is 0 Å². The van der Waals surface area contributed by atoms with Gasteiger partial charge in [0.05, 0.1) is 0 Å². The number of hydrogen-bond acceptors (Lipinski definition) is 0. The topological polar surface area (TPSA) is 0 Å². The van der Waals surface area contributed by atoms with Crippen LogP contribution in [0.4, 0.5) is 0 Å². The van der Waals surface area contributed by atoms with Gasteiger partial charge in [-0.1, -0.05) is 0 Å². The van der Waals surface area contributed by atoms with Crippen molar-refractivity contribution in [3.05, 3.63) is 127 Å². The molecule has 29 heavy (non-hydrogen) atoms. The molecule has 0 aliphatic rings. The van der Waals surface area contributed by atoms with Crippen LogP contribution in [0.25, 0.3) is 0 Å². The van der Waals surface area contributed by atoms with E-state index in [-0.39, 0.29) is 0 Å². The number of rotatable bonds is 4. The molecule has 0 aromatic heterocycles. The summed E-state index contributed by atoms with van der Waals surface area (Å²) in [4.78, 5) is 0. The quantitative estimate of drug-likeness (QED) is 0.259. The summed E-state index contributed by atoms with van der Waals surface area (Å²) in [6.45, 7) is 0. The molecule has 4 aromatic carbocycles. The van der Waals surface area contributed by atoms with Gasteiger partial charge in [0, 0.05) is 0 Å². The van der Waals surface area contributed by atoms with Gasteiger partial charge in [0.25, 0.3) is 0 Å². The first kappa shape index (κ1) is 19.7. The van der Waals surface area contributed by atoms with Crippen LogP contribution in [-0.4, -0.2) is 0 Å². The Balaban J connectivity index is 2.00. The molecule has 2 heteroatoms. The van der Waals surface area contributed by atoms with E-state index in [0.29, 0.717) is 0 Å². The molecule has 0 fully saturated rings. The van der Waals surface area contributed by atoms with E-state index in [9.17, 15) is 0 Å². The Morgan fingerprint density at radius 2 is 0.862 bits per heavy atom. The first-order valence-electron chi connectivity index (χ1n) is 9.66. The number of halogens is 1. The molecule has 0 saturated heterocycles. The molecule has 0 radical (unpaired) electrons. The first-order chi connectivity index (χ1) is 14.2. The maximum atomic E-state index is 4.35. The second-order valence-corrected chi connectivity index (χ2v) is 15.0. The zero-order chi connectivity index (χ0) is 20.0. The zero-order valence-electron chi connectivity index (χ0n) is 16.1. The summed E-state index contributed by atoms with van der Waals surface area (Å²) in [6, 6.07) is 42.4. The van der Waals surface area contributed by atoms with E-state index in [4.69, 9.17) is 0 Å². The average molecular weight is 457 g/mol. The van der Waals surface area contributed by atoms with Gasteiger partial charge in [-0.2, -0.15) is 0 Å². The Hall–Kier alpha value is -2.65. The normalized spacial score (nSPS) is 12.2. The van der Waals surface area contributed by atoms with Crippen LogP contribution in [0.15, 0.2) is 121 Å². The Morgan fingerprint density at radius 1 is 0.517 bits per heavy atom. The Kier molecular flexibility index (Phi) is 5.68. The molecule has 0 bridgehead atoms. The summed E-state index contributed by atoms with van der Waals surface area (Å²) in [5.41, 5.74) is 5.03. The first-order valence-corrected chi connectivity index (χ1v) is 13.9. The summed E-state index contributed by atoms with van der Waals surface area (Å²) in [5, 5.41) is 0.517. The molecule has 4 aromatic rings. The van der Waals surface area contributed by atoms with Crippen molar-refractivity contribution >= 4 is 36.7 Å². The molecule has 0 atom stereocenters. The maximum absolute atomic E-state index is 4.35. The molecular formula is C27H22BrP. The van der Waals surface area contributed by atoms with E-state index >= 15 is 0 Å². The molecule has 0 heterocycles. The van der Waals surface area contributed by atoms with Gasteiger partial charge in [0.2, 0.25) is 0 Å². The van der Waals surface area contributed by atoms with Gasteiger partial charge in [-0.15, -0.1) is 0 Å². The van der Waals surface area contributed by atoms with Crippen molar-refractivity contribution in [1.82, 2.24) is 0 Å². The molecule has 0 spiro atoms. The van der Waals surface area contributed by atoms with Gasteiger partial charge in [-0.25, -0.2) is 0 Å². The second kappa shape index (κ2) is 8.38. The van der Waals surface area contributed by atoms with Crippen molar-refractivity contribution in [1.29, 1.82) is 0 Å². The van der Waals surface area contributed by atoms with E-state index < -0.39 is 5.31 Å². The van der Waals surface area contributed by atoms with Gasteiger partial charge < -0.3 is 0 Å². The van der Waals surface area contributed by atoms with Crippen LogP contribution >= 0.6 is 20.8 Å². The third-order valence-electron chi connectivity index (χ3n) is 5.15. The van der Waals surface area contributed by atoms with Crippen molar-refractivity contribution in [2.24, 2.45) is 0 Å². The van der Waals surface area contributed by atoms with Gasteiger partial charge in [0.15, 0.2) is 0 Å². The number of benzene rings is 4. The van der Waals surface area contributed by atoms with E-state index in [0.717, 1.165) is 6.42 Å².